The number of rotatable bonds is 4. The van der Waals surface area contributed by atoms with Crippen LogP contribution in [0.4, 0.5) is 13.2 Å². The molecule has 3 nitrogen and oxygen atoms in total. The van der Waals surface area contributed by atoms with E-state index in [9.17, 15) is 18.0 Å². The Kier molecular flexibility index (Phi) is 2.81. The molecule has 2 rings (SSSR count). The quantitative estimate of drug-likeness (QED) is 0.765. The van der Waals surface area contributed by atoms with E-state index in [1.54, 1.807) is 0 Å². The van der Waals surface area contributed by atoms with Crippen LogP contribution in [0, 0.1) is 5.41 Å². The lowest BCUT2D eigenvalue weighted by Crippen LogP contribution is -2.16. The van der Waals surface area contributed by atoms with Crippen LogP contribution in [0.3, 0.4) is 0 Å². The third kappa shape index (κ3) is 2.75. The lowest BCUT2D eigenvalue weighted by atomic mass is 10.1. The summed E-state index contributed by atoms with van der Waals surface area (Å²) in [4.78, 5) is 14.0. The second kappa shape index (κ2) is 4.01. The Morgan fingerprint density at radius 2 is 2.12 bits per heavy atom. The van der Waals surface area contributed by atoms with Gasteiger partial charge in [0.25, 0.3) is 0 Å². The van der Waals surface area contributed by atoms with E-state index in [1.165, 1.54) is 12.1 Å². The minimum Gasteiger partial charge on any atom is -0.477 e. The van der Waals surface area contributed by atoms with E-state index in [1.807, 2.05) is 0 Å². The fourth-order valence-corrected chi connectivity index (χ4v) is 1.33. The number of pyridine rings is 1. The molecule has 1 heterocycles. The Bertz CT molecular complexity index is 427. The molecule has 17 heavy (non-hydrogen) atoms. The first-order chi connectivity index (χ1) is 7.95. The van der Waals surface area contributed by atoms with Crippen LogP contribution in [-0.4, -0.2) is 17.9 Å². The Balaban J connectivity index is 2.04. The van der Waals surface area contributed by atoms with Crippen LogP contribution in [-0.2, 0) is 11.0 Å². The molecule has 0 N–H and O–H groups in total. The molecule has 0 amide bonds. The maximum atomic E-state index is 12.3. The van der Waals surface area contributed by atoms with Crippen molar-refractivity contribution in [2.24, 2.45) is 5.41 Å². The second-order valence-electron chi connectivity index (χ2n) is 4.13. The zero-order valence-electron chi connectivity index (χ0n) is 8.83. The zero-order chi connectivity index (χ0) is 12.5. The summed E-state index contributed by atoms with van der Waals surface area (Å²) >= 11 is 0. The predicted octanol–water partition coefficient (Wildman–Crippen LogP) is 2.46. The van der Waals surface area contributed by atoms with Gasteiger partial charge in [-0.1, -0.05) is 6.07 Å². The van der Waals surface area contributed by atoms with E-state index in [0.29, 0.717) is 0 Å². The van der Waals surface area contributed by atoms with Gasteiger partial charge in [-0.05, 0) is 18.9 Å². The highest BCUT2D eigenvalue weighted by Crippen LogP contribution is 2.43. The summed E-state index contributed by atoms with van der Waals surface area (Å²) in [5, 5.41) is 0. The first kappa shape index (κ1) is 11.9. The molecule has 0 aliphatic heterocycles. The molecule has 6 heteroatoms. The summed E-state index contributed by atoms with van der Waals surface area (Å²) in [6.07, 6.45) is -2.26. The molecule has 1 aromatic heterocycles. The summed E-state index contributed by atoms with van der Waals surface area (Å²) in [5.74, 6) is -0.104. The van der Waals surface area contributed by atoms with Gasteiger partial charge in [0, 0.05) is 6.07 Å². The van der Waals surface area contributed by atoms with Crippen LogP contribution in [0.15, 0.2) is 18.2 Å². The fraction of sp³-hybridized carbons (Fsp3) is 0.455. The molecule has 0 saturated heterocycles. The van der Waals surface area contributed by atoms with Crippen molar-refractivity contribution in [1.29, 1.82) is 0 Å². The molecule has 1 saturated carbocycles. The van der Waals surface area contributed by atoms with Crippen molar-refractivity contribution < 1.29 is 22.7 Å². The van der Waals surface area contributed by atoms with Gasteiger partial charge in [-0.2, -0.15) is 13.2 Å². The predicted molar refractivity (Wildman–Crippen MR) is 52.5 cm³/mol. The van der Waals surface area contributed by atoms with Crippen LogP contribution < -0.4 is 4.74 Å². The van der Waals surface area contributed by atoms with Crippen molar-refractivity contribution in [2.45, 2.75) is 19.0 Å². The highest BCUT2D eigenvalue weighted by molar-refractivity contribution is 5.63. The van der Waals surface area contributed by atoms with E-state index < -0.39 is 17.3 Å². The van der Waals surface area contributed by atoms with E-state index in [4.69, 9.17) is 4.74 Å². The van der Waals surface area contributed by atoms with Crippen molar-refractivity contribution in [3.8, 4) is 5.88 Å². The van der Waals surface area contributed by atoms with E-state index in [2.05, 4.69) is 4.98 Å². The molecule has 1 aliphatic rings. The van der Waals surface area contributed by atoms with Crippen LogP contribution in [0.2, 0.25) is 0 Å². The van der Waals surface area contributed by atoms with Gasteiger partial charge in [0.05, 0.1) is 5.41 Å². The van der Waals surface area contributed by atoms with Gasteiger partial charge in [-0.25, -0.2) is 4.98 Å². The minimum absolute atomic E-state index is 0.0881. The number of aromatic nitrogens is 1. The van der Waals surface area contributed by atoms with Crippen molar-refractivity contribution in [3.63, 3.8) is 0 Å². The maximum Gasteiger partial charge on any atom is 0.433 e. The number of carbonyl (C=O) groups excluding carboxylic acids is 1. The molecular formula is C11H10F3NO2. The molecule has 0 unspecified atom stereocenters. The largest absolute Gasteiger partial charge is 0.477 e. The first-order valence-corrected chi connectivity index (χ1v) is 5.09. The molecule has 92 valence electrons. The molecule has 0 aromatic carbocycles. The molecule has 1 aliphatic carbocycles. The summed E-state index contributed by atoms with van der Waals surface area (Å²) in [6.45, 7) is 0.0881. The highest BCUT2D eigenvalue weighted by atomic mass is 19.4. The van der Waals surface area contributed by atoms with Crippen LogP contribution >= 0.6 is 0 Å². The van der Waals surface area contributed by atoms with Gasteiger partial charge < -0.3 is 9.53 Å². The topological polar surface area (TPSA) is 39.2 Å². The second-order valence-corrected chi connectivity index (χ2v) is 4.13. The van der Waals surface area contributed by atoms with Crippen LogP contribution in [0.5, 0.6) is 5.88 Å². The van der Waals surface area contributed by atoms with Gasteiger partial charge >= 0.3 is 6.18 Å². The Hall–Kier alpha value is -1.59. The number of hydrogen-bond acceptors (Lipinski definition) is 3. The molecule has 1 aromatic rings. The molecule has 0 spiro atoms. The third-order valence-electron chi connectivity index (χ3n) is 2.66. The Morgan fingerprint density at radius 1 is 1.41 bits per heavy atom. The number of aldehydes is 1. The average molecular weight is 245 g/mol. The van der Waals surface area contributed by atoms with Crippen molar-refractivity contribution in [3.05, 3.63) is 23.9 Å². The summed E-state index contributed by atoms with van der Waals surface area (Å²) in [5.41, 5.74) is -1.50. The molecule has 0 atom stereocenters. The van der Waals surface area contributed by atoms with E-state index in [0.717, 1.165) is 25.2 Å². The summed E-state index contributed by atoms with van der Waals surface area (Å²) in [7, 11) is 0. The van der Waals surface area contributed by atoms with Crippen molar-refractivity contribution >= 4 is 6.29 Å². The number of ether oxygens (including phenoxy) is 1. The zero-order valence-corrected chi connectivity index (χ0v) is 8.83. The maximum absolute atomic E-state index is 12.3. The Morgan fingerprint density at radius 3 is 2.65 bits per heavy atom. The third-order valence-corrected chi connectivity index (χ3v) is 2.66. The van der Waals surface area contributed by atoms with Crippen molar-refractivity contribution in [2.75, 3.05) is 6.61 Å². The van der Waals surface area contributed by atoms with E-state index >= 15 is 0 Å². The minimum atomic E-state index is -4.48. The smallest absolute Gasteiger partial charge is 0.433 e. The molecular weight excluding hydrogens is 235 g/mol. The molecule has 1 fully saturated rings. The number of carbonyl (C=O) groups is 1. The van der Waals surface area contributed by atoms with Gasteiger partial charge in [-0.15, -0.1) is 0 Å². The van der Waals surface area contributed by atoms with Crippen molar-refractivity contribution in [1.82, 2.24) is 4.98 Å². The van der Waals surface area contributed by atoms with Gasteiger partial charge in [-0.3, -0.25) is 0 Å². The lowest BCUT2D eigenvalue weighted by Gasteiger charge is -2.11. The number of nitrogens with zero attached hydrogens (tertiary/aromatic N) is 1. The summed E-state index contributed by atoms with van der Waals surface area (Å²) < 4.78 is 42.2. The number of halogens is 3. The number of alkyl halides is 3. The van der Waals surface area contributed by atoms with E-state index in [-0.39, 0.29) is 12.5 Å². The highest BCUT2D eigenvalue weighted by Gasteiger charge is 2.43. The number of hydrogen-bond donors (Lipinski definition) is 0. The SMILES string of the molecule is O=CC1(COc2cccc(C(F)(F)F)n2)CC1. The molecule has 0 radical (unpaired) electrons. The monoisotopic (exact) mass is 245 g/mol. The lowest BCUT2D eigenvalue weighted by molar-refractivity contribution is -0.141. The van der Waals surface area contributed by atoms with Crippen LogP contribution in [0.1, 0.15) is 18.5 Å². The fourth-order valence-electron chi connectivity index (χ4n) is 1.33. The standard InChI is InChI=1S/C11H10F3NO2/c12-11(13,14)8-2-1-3-9(15-8)17-7-10(6-16)4-5-10/h1-3,6H,4-5,7H2. The van der Waals surface area contributed by atoms with Crippen LogP contribution in [0.25, 0.3) is 0 Å². The first-order valence-electron chi connectivity index (χ1n) is 5.09. The summed E-state index contributed by atoms with van der Waals surface area (Å²) in [6, 6.07) is 3.45. The van der Waals surface area contributed by atoms with Gasteiger partial charge in [0.1, 0.15) is 18.6 Å². The van der Waals surface area contributed by atoms with Gasteiger partial charge in [0.2, 0.25) is 5.88 Å². The average Bonchev–Trinajstić information content (AvgIpc) is 3.06. The van der Waals surface area contributed by atoms with Gasteiger partial charge in [0.15, 0.2) is 0 Å². The molecule has 0 bridgehead atoms. The Labute approximate surface area is 95.6 Å². The normalized spacial score (nSPS) is 17.6.